The third kappa shape index (κ3) is 2.26. The average molecular weight is 324 g/mol. The molecule has 0 aliphatic carbocycles. The van der Waals surface area contributed by atoms with Crippen LogP contribution in [0.5, 0.6) is 0 Å². The molecule has 0 aliphatic heterocycles. The van der Waals surface area contributed by atoms with Crippen LogP contribution in [0, 0.1) is 11.7 Å². The van der Waals surface area contributed by atoms with Crippen molar-refractivity contribution >= 4 is 33.8 Å². The maximum Gasteiger partial charge on any atom is 0.214 e. The van der Waals surface area contributed by atoms with Gasteiger partial charge in [0, 0.05) is 5.56 Å². The molecule has 108 valence electrons. The van der Waals surface area contributed by atoms with Crippen molar-refractivity contribution in [1.29, 1.82) is 0 Å². The number of aryl methyl sites for hydroxylation is 1. The smallest absolute Gasteiger partial charge is 0.214 e. The number of hydrogen-bond acceptors (Lipinski definition) is 4. The van der Waals surface area contributed by atoms with Gasteiger partial charge in [-0.25, -0.2) is 9.67 Å². The molecule has 4 nitrogen and oxygen atoms in total. The zero-order valence-electron chi connectivity index (χ0n) is 11.8. The summed E-state index contributed by atoms with van der Waals surface area (Å²) in [4.78, 5) is 9.13. The van der Waals surface area contributed by atoms with E-state index in [-0.39, 0.29) is 0 Å². The van der Waals surface area contributed by atoms with Crippen molar-refractivity contribution in [2.75, 3.05) is 0 Å². The van der Waals surface area contributed by atoms with Gasteiger partial charge in [-0.1, -0.05) is 47.2 Å². The molecular formula is C16H12N4S2. The minimum atomic E-state index is 0.454. The summed E-state index contributed by atoms with van der Waals surface area (Å²) in [6, 6.07) is 16.3. The molecule has 22 heavy (non-hydrogen) atoms. The number of thiazole rings is 1. The van der Waals surface area contributed by atoms with Crippen LogP contribution in [-0.4, -0.2) is 19.7 Å². The van der Waals surface area contributed by atoms with Crippen LogP contribution >= 0.6 is 23.6 Å². The number of H-pyrrole nitrogens is 1. The van der Waals surface area contributed by atoms with Crippen LogP contribution in [0.15, 0.2) is 48.5 Å². The molecule has 4 rings (SSSR count). The fraction of sp³-hybridized carbons (Fsp3) is 0.0625. The summed E-state index contributed by atoms with van der Waals surface area (Å²) >= 11 is 6.83. The standard InChI is InChI=1S/C16H12N4S2/c1-10-5-4-6-11(9-10)14-18-15(21)19-20(14)16-17-12-7-2-3-8-13(12)22-16/h2-9H,1H3,(H,19,21). The van der Waals surface area contributed by atoms with E-state index in [4.69, 9.17) is 12.2 Å². The number of nitrogens with one attached hydrogen (secondary N) is 1. The Labute approximate surface area is 136 Å². The van der Waals surface area contributed by atoms with E-state index < -0.39 is 0 Å². The van der Waals surface area contributed by atoms with Gasteiger partial charge in [0.2, 0.25) is 9.90 Å². The first kappa shape index (κ1) is 13.4. The molecule has 0 saturated carbocycles. The van der Waals surface area contributed by atoms with E-state index in [2.05, 4.69) is 40.2 Å². The van der Waals surface area contributed by atoms with Crippen molar-refractivity contribution in [2.24, 2.45) is 0 Å². The van der Waals surface area contributed by atoms with Crippen LogP contribution in [0.1, 0.15) is 5.56 Å². The Morgan fingerprint density at radius 1 is 1.09 bits per heavy atom. The van der Waals surface area contributed by atoms with Crippen LogP contribution in [0.4, 0.5) is 0 Å². The highest BCUT2D eigenvalue weighted by atomic mass is 32.1. The van der Waals surface area contributed by atoms with Crippen molar-refractivity contribution in [3.8, 4) is 16.5 Å². The predicted molar refractivity (Wildman–Crippen MR) is 92.1 cm³/mol. The van der Waals surface area contributed by atoms with Crippen LogP contribution < -0.4 is 0 Å². The fourth-order valence-corrected chi connectivity index (χ4v) is 3.50. The second-order valence-electron chi connectivity index (χ2n) is 5.02. The number of fused-ring (bicyclic) bond motifs is 1. The van der Waals surface area contributed by atoms with Gasteiger partial charge in [0.1, 0.15) is 0 Å². The van der Waals surface area contributed by atoms with E-state index in [0.29, 0.717) is 4.77 Å². The molecule has 0 spiro atoms. The SMILES string of the molecule is Cc1cccc(-c2nc(=S)[nH]n2-c2nc3ccccc3s2)c1. The quantitative estimate of drug-likeness (QED) is 0.552. The maximum absolute atomic E-state index is 5.22. The van der Waals surface area contributed by atoms with E-state index in [0.717, 1.165) is 26.7 Å². The van der Waals surface area contributed by atoms with E-state index >= 15 is 0 Å². The molecule has 0 unspecified atom stereocenters. The third-order valence-electron chi connectivity index (χ3n) is 3.38. The Morgan fingerprint density at radius 2 is 1.95 bits per heavy atom. The van der Waals surface area contributed by atoms with Crippen LogP contribution in [-0.2, 0) is 0 Å². The lowest BCUT2D eigenvalue weighted by Gasteiger charge is -2.04. The molecule has 2 heterocycles. The van der Waals surface area contributed by atoms with Crippen molar-refractivity contribution < 1.29 is 0 Å². The van der Waals surface area contributed by atoms with Crippen molar-refractivity contribution in [3.05, 3.63) is 58.9 Å². The topological polar surface area (TPSA) is 46.5 Å². The molecule has 2 aromatic carbocycles. The molecule has 0 bridgehead atoms. The molecule has 0 atom stereocenters. The Hall–Kier alpha value is -2.31. The zero-order chi connectivity index (χ0) is 15.1. The highest BCUT2D eigenvalue weighted by molar-refractivity contribution is 7.71. The lowest BCUT2D eigenvalue weighted by atomic mass is 10.1. The van der Waals surface area contributed by atoms with Crippen molar-refractivity contribution in [2.45, 2.75) is 6.92 Å². The van der Waals surface area contributed by atoms with E-state index in [1.807, 2.05) is 35.0 Å². The molecule has 0 aliphatic rings. The molecule has 0 fully saturated rings. The monoisotopic (exact) mass is 324 g/mol. The molecular weight excluding hydrogens is 312 g/mol. The summed E-state index contributed by atoms with van der Waals surface area (Å²) in [5, 5.41) is 3.94. The van der Waals surface area contributed by atoms with Crippen LogP contribution in [0.25, 0.3) is 26.7 Å². The summed E-state index contributed by atoms with van der Waals surface area (Å²) in [6.45, 7) is 2.06. The lowest BCUT2D eigenvalue weighted by molar-refractivity contribution is 0.874. The summed E-state index contributed by atoms with van der Waals surface area (Å²) in [5.74, 6) is 0.785. The molecule has 0 saturated heterocycles. The van der Waals surface area contributed by atoms with Gasteiger partial charge in [-0.15, -0.1) is 0 Å². The average Bonchev–Trinajstić information content (AvgIpc) is 3.10. The van der Waals surface area contributed by atoms with Gasteiger partial charge in [-0.3, -0.25) is 5.10 Å². The van der Waals surface area contributed by atoms with Gasteiger partial charge >= 0.3 is 0 Å². The van der Waals surface area contributed by atoms with E-state index in [1.54, 1.807) is 11.3 Å². The van der Waals surface area contributed by atoms with Crippen molar-refractivity contribution in [3.63, 3.8) is 0 Å². The summed E-state index contributed by atoms with van der Waals surface area (Å²) in [6.07, 6.45) is 0. The molecule has 2 aromatic heterocycles. The minimum absolute atomic E-state index is 0.454. The number of benzene rings is 2. The Balaban J connectivity index is 1.94. The van der Waals surface area contributed by atoms with E-state index in [9.17, 15) is 0 Å². The molecule has 0 amide bonds. The van der Waals surface area contributed by atoms with Gasteiger partial charge in [-0.2, -0.15) is 4.98 Å². The summed E-state index contributed by atoms with van der Waals surface area (Å²) in [7, 11) is 0. The minimum Gasteiger partial charge on any atom is -0.264 e. The second kappa shape index (κ2) is 5.15. The second-order valence-corrected chi connectivity index (χ2v) is 6.42. The number of rotatable bonds is 2. The zero-order valence-corrected chi connectivity index (χ0v) is 13.4. The maximum atomic E-state index is 5.22. The highest BCUT2D eigenvalue weighted by Crippen LogP contribution is 2.27. The van der Waals surface area contributed by atoms with Crippen LogP contribution in [0.3, 0.4) is 0 Å². The summed E-state index contributed by atoms with van der Waals surface area (Å²) < 4.78 is 3.46. The number of para-hydroxylation sites is 1. The molecule has 4 aromatic rings. The molecule has 6 heteroatoms. The number of hydrogen-bond donors (Lipinski definition) is 1. The van der Waals surface area contributed by atoms with Gasteiger partial charge in [-0.05, 0) is 37.3 Å². The van der Waals surface area contributed by atoms with Gasteiger partial charge < -0.3 is 0 Å². The normalized spacial score (nSPS) is 11.1. The molecule has 0 radical (unpaired) electrons. The van der Waals surface area contributed by atoms with Gasteiger partial charge in [0.25, 0.3) is 0 Å². The summed E-state index contributed by atoms with van der Waals surface area (Å²) in [5.41, 5.74) is 3.18. The lowest BCUT2D eigenvalue weighted by Crippen LogP contribution is -1.99. The van der Waals surface area contributed by atoms with Gasteiger partial charge in [0.15, 0.2) is 5.82 Å². The van der Waals surface area contributed by atoms with E-state index in [1.165, 1.54) is 5.56 Å². The Morgan fingerprint density at radius 3 is 2.77 bits per heavy atom. The highest BCUT2D eigenvalue weighted by Gasteiger charge is 2.13. The van der Waals surface area contributed by atoms with Crippen LogP contribution in [0.2, 0.25) is 0 Å². The number of aromatic amines is 1. The number of nitrogens with zero attached hydrogens (tertiary/aromatic N) is 3. The fourth-order valence-electron chi connectivity index (χ4n) is 2.39. The Kier molecular flexibility index (Phi) is 3.13. The Bertz CT molecular complexity index is 993. The number of aromatic nitrogens is 4. The first-order valence-corrected chi connectivity index (χ1v) is 8.05. The first-order valence-electron chi connectivity index (χ1n) is 6.83. The predicted octanol–water partition coefficient (Wildman–Crippen LogP) is 4.52. The molecule has 1 N–H and O–H groups in total. The largest absolute Gasteiger partial charge is 0.264 e. The first-order chi connectivity index (χ1) is 10.7. The third-order valence-corrected chi connectivity index (χ3v) is 4.58. The van der Waals surface area contributed by atoms with Gasteiger partial charge in [0.05, 0.1) is 10.2 Å². The van der Waals surface area contributed by atoms with Crippen molar-refractivity contribution in [1.82, 2.24) is 19.7 Å².